The molecule has 170 valence electrons. The molecule has 0 bridgehead atoms. The minimum atomic E-state index is -0.496. The maximum atomic E-state index is 12.7. The van der Waals surface area contributed by atoms with Gasteiger partial charge in [0, 0.05) is 24.2 Å². The van der Waals surface area contributed by atoms with E-state index in [9.17, 15) is 9.59 Å². The maximum absolute atomic E-state index is 12.7. The van der Waals surface area contributed by atoms with Gasteiger partial charge in [0.2, 0.25) is 5.95 Å². The fraction of sp³-hybridized carbons (Fsp3) is 0.304. The topological polar surface area (TPSA) is 151 Å². The van der Waals surface area contributed by atoms with Gasteiger partial charge in [-0.2, -0.15) is 10.1 Å². The van der Waals surface area contributed by atoms with Crippen LogP contribution in [0.2, 0.25) is 0 Å². The fourth-order valence-electron chi connectivity index (χ4n) is 3.87. The summed E-state index contributed by atoms with van der Waals surface area (Å²) in [7, 11) is 0. The molecule has 2 aromatic heterocycles. The number of ether oxygens (including phenoxy) is 1. The predicted molar refractivity (Wildman–Crippen MR) is 122 cm³/mol. The van der Waals surface area contributed by atoms with Crippen LogP contribution in [0.15, 0.2) is 54.0 Å². The van der Waals surface area contributed by atoms with Gasteiger partial charge in [-0.05, 0) is 30.9 Å². The molecule has 1 aliphatic rings. The van der Waals surface area contributed by atoms with Gasteiger partial charge in [0.1, 0.15) is 12.4 Å². The highest BCUT2D eigenvalue weighted by molar-refractivity contribution is 6.06. The average molecular weight is 447 g/mol. The summed E-state index contributed by atoms with van der Waals surface area (Å²) in [6, 6.07) is 7.93. The number of hydrogen-bond donors (Lipinski definition) is 2. The van der Waals surface area contributed by atoms with Crippen LogP contribution in [0.25, 0.3) is 11.1 Å². The van der Waals surface area contributed by atoms with E-state index in [1.54, 1.807) is 19.3 Å². The second-order valence-electron chi connectivity index (χ2n) is 7.88. The number of aromatic nitrogens is 4. The van der Waals surface area contributed by atoms with Crippen molar-refractivity contribution in [3.63, 3.8) is 0 Å². The van der Waals surface area contributed by atoms with E-state index in [4.69, 9.17) is 16.2 Å². The van der Waals surface area contributed by atoms with Crippen LogP contribution in [0, 0.1) is 0 Å². The second-order valence-corrected chi connectivity index (χ2v) is 7.88. The number of benzene rings is 1. The molecule has 0 aliphatic heterocycles. The van der Waals surface area contributed by atoms with Crippen molar-refractivity contribution < 1.29 is 14.3 Å². The van der Waals surface area contributed by atoms with Crippen molar-refractivity contribution in [1.29, 1.82) is 0 Å². The molecular formula is C23H25N7O3. The lowest BCUT2D eigenvalue weighted by atomic mass is 9.63. The molecule has 4 rings (SSSR count). The van der Waals surface area contributed by atoms with Crippen molar-refractivity contribution >= 4 is 23.7 Å². The van der Waals surface area contributed by atoms with Gasteiger partial charge in [-0.3, -0.25) is 14.3 Å². The Balaban J connectivity index is 1.52. The van der Waals surface area contributed by atoms with Gasteiger partial charge >= 0.3 is 5.97 Å². The fourth-order valence-corrected chi connectivity index (χ4v) is 3.87. The molecule has 0 saturated heterocycles. The van der Waals surface area contributed by atoms with E-state index < -0.39 is 17.3 Å². The molecule has 1 amide bonds. The van der Waals surface area contributed by atoms with Crippen molar-refractivity contribution in [3.05, 3.63) is 60.2 Å². The Morgan fingerprint density at radius 2 is 1.82 bits per heavy atom. The van der Waals surface area contributed by atoms with E-state index in [1.807, 2.05) is 24.3 Å². The number of nitrogen functional groups attached to an aromatic ring is 1. The minimum absolute atomic E-state index is 0.0738. The zero-order valence-corrected chi connectivity index (χ0v) is 18.3. The van der Waals surface area contributed by atoms with E-state index in [0.29, 0.717) is 0 Å². The number of anilines is 1. The first-order chi connectivity index (χ1) is 15.9. The van der Waals surface area contributed by atoms with Crippen molar-refractivity contribution in [2.45, 2.75) is 38.1 Å². The molecule has 0 unspecified atom stereocenters. The van der Waals surface area contributed by atoms with E-state index in [1.165, 1.54) is 17.1 Å². The molecule has 33 heavy (non-hydrogen) atoms. The number of rotatable bonds is 7. The monoisotopic (exact) mass is 447 g/mol. The van der Waals surface area contributed by atoms with Crippen molar-refractivity contribution in [2.75, 3.05) is 12.3 Å². The number of amides is 1. The van der Waals surface area contributed by atoms with Gasteiger partial charge in [0.05, 0.1) is 23.8 Å². The summed E-state index contributed by atoms with van der Waals surface area (Å²) < 4.78 is 6.24. The Hall–Kier alpha value is -4.08. The quantitative estimate of drug-likeness (QED) is 0.317. The maximum Gasteiger partial charge on any atom is 0.327 e. The van der Waals surface area contributed by atoms with E-state index in [0.717, 1.165) is 36.0 Å². The lowest BCUT2D eigenvalue weighted by Crippen LogP contribution is -2.47. The summed E-state index contributed by atoms with van der Waals surface area (Å²) in [6.07, 6.45) is 8.79. The lowest BCUT2D eigenvalue weighted by molar-refractivity contribution is -0.144. The zero-order valence-electron chi connectivity index (χ0n) is 18.3. The van der Waals surface area contributed by atoms with Gasteiger partial charge in [-0.25, -0.2) is 9.97 Å². The highest BCUT2D eigenvalue weighted by Gasteiger charge is 2.42. The highest BCUT2D eigenvalue weighted by Crippen LogP contribution is 2.44. The molecular weight excluding hydrogens is 422 g/mol. The second kappa shape index (κ2) is 9.19. The Bertz CT molecular complexity index is 1180. The van der Waals surface area contributed by atoms with Gasteiger partial charge in [0.15, 0.2) is 0 Å². The SMILES string of the molecule is CCOC(=O)Cn1cc(C(=O)N=C(N)C2(c3ccc(-c4cnc(N)nc4)cc3)CCC2)cn1. The van der Waals surface area contributed by atoms with Crippen LogP contribution >= 0.6 is 0 Å². The predicted octanol–water partition coefficient (Wildman–Crippen LogP) is 2.10. The number of nitrogens with zero attached hydrogens (tertiary/aromatic N) is 5. The molecule has 1 fully saturated rings. The molecule has 10 nitrogen and oxygen atoms in total. The summed E-state index contributed by atoms with van der Waals surface area (Å²) in [6.45, 7) is 1.93. The number of nitrogens with two attached hydrogens (primary N) is 2. The number of aliphatic imine (C=N–C) groups is 1. The number of carbonyl (C=O) groups is 2. The van der Waals surface area contributed by atoms with Gasteiger partial charge < -0.3 is 16.2 Å². The molecule has 0 atom stereocenters. The van der Waals surface area contributed by atoms with Crippen LogP contribution in [0.3, 0.4) is 0 Å². The molecule has 10 heteroatoms. The first-order valence-electron chi connectivity index (χ1n) is 10.7. The molecule has 1 aliphatic carbocycles. The normalized spacial score (nSPS) is 15.0. The third-order valence-corrected chi connectivity index (χ3v) is 5.84. The van der Waals surface area contributed by atoms with Crippen LogP contribution < -0.4 is 11.5 Å². The summed E-state index contributed by atoms with van der Waals surface area (Å²) in [5, 5.41) is 4.03. The Labute approximate surface area is 190 Å². The standard InChI is InChI=1S/C23H25N7O3/c1-2-33-19(31)14-30-13-17(12-28-30)20(32)29-21(24)23(8-3-9-23)18-6-4-15(5-7-18)16-10-26-22(25)27-11-16/h4-7,10-13H,2-3,8-9,14H2,1H3,(H2,24,29,32)(H2,25,26,27). The molecule has 4 N–H and O–H groups in total. The average Bonchev–Trinajstić information content (AvgIpc) is 3.23. The molecule has 3 aromatic rings. The van der Waals surface area contributed by atoms with Crippen molar-refractivity contribution in [1.82, 2.24) is 19.7 Å². The van der Waals surface area contributed by atoms with Crippen LogP contribution in [-0.4, -0.2) is 44.1 Å². The third kappa shape index (κ3) is 4.59. The first kappa shape index (κ1) is 22.1. The van der Waals surface area contributed by atoms with Crippen LogP contribution in [-0.2, 0) is 21.5 Å². The number of hydrogen-bond acceptors (Lipinski definition) is 7. The molecule has 1 saturated carbocycles. The smallest absolute Gasteiger partial charge is 0.327 e. The van der Waals surface area contributed by atoms with Crippen LogP contribution in [0.1, 0.15) is 42.1 Å². The molecule has 1 aromatic carbocycles. The lowest BCUT2D eigenvalue weighted by Gasteiger charge is -2.41. The summed E-state index contributed by atoms with van der Waals surface area (Å²) >= 11 is 0. The van der Waals surface area contributed by atoms with E-state index in [2.05, 4.69) is 20.1 Å². The minimum Gasteiger partial charge on any atom is -0.465 e. The van der Waals surface area contributed by atoms with Gasteiger partial charge in [-0.15, -0.1) is 0 Å². The number of amidine groups is 1. The third-order valence-electron chi connectivity index (χ3n) is 5.84. The Morgan fingerprint density at radius 1 is 1.12 bits per heavy atom. The van der Waals surface area contributed by atoms with Crippen molar-refractivity contribution in [3.8, 4) is 11.1 Å². The van der Waals surface area contributed by atoms with Crippen molar-refractivity contribution in [2.24, 2.45) is 10.7 Å². The first-order valence-corrected chi connectivity index (χ1v) is 10.7. The molecule has 2 heterocycles. The number of esters is 1. The molecule has 0 spiro atoms. The molecule has 0 radical (unpaired) electrons. The summed E-state index contributed by atoms with van der Waals surface area (Å²) in [4.78, 5) is 36.6. The van der Waals surface area contributed by atoms with Gasteiger partial charge in [0.25, 0.3) is 5.91 Å². The summed E-state index contributed by atoms with van der Waals surface area (Å²) in [5.41, 5.74) is 14.5. The summed E-state index contributed by atoms with van der Waals surface area (Å²) in [5.74, 6) is -0.418. The Kier molecular flexibility index (Phi) is 6.16. The number of carbonyl (C=O) groups excluding carboxylic acids is 2. The van der Waals surface area contributed by atoms with Crippen LogP contribution in [0.5, 0.6) is 0 Å². The largest absolute Gasteiger partial charge is 0.465 e. The van der Waals surface area contributed by atoms with Gasteiger partial charge in [-0.1, -0.05) is 30.7 Å². The Morgan fingerprint density at radius 3 is 2.42 bits per heavy atom. The van der Waals surface area contributed by atoms with E-state index >= 15 is 0 Å². The highest BCUT2D eigenvalue weighted by atomic mass is 16.5. The van der Waals surface area contributed by atoms with Crippen LogP contribution in [0.4, 0.5) is 5.95 Å². The van der Waals surface area contributed by atoms with E-state index in [-0.39, 0.29) is 30.5 Å². The zero-order chi connectivity index (χ0) is 23.4.